The number of aromatic nitrogens is 1. The summed E-state index contributed by atoms with van der Waals surface area (Å²) >= 11 is 7.90. The van der Waals surface area contributed by atoms with Crippen LogP contribution in [-0.2, 0) is 6.42 Å². The standard InChI is InChI=1S/C14H17ClN2S/c1-10(12-5-3-4-6-13(12)15)16-8-7-14-11(2)17-9-18-14/h3-6,9-10,16H,7-8H2,1-2H3/t10-/m0/s1. The predicted octanol–water partition coefficient (Wildman–Crippen LogP) is 4.00. The number of halogens is 1. The predicted molar refractivity (Wildman–Crippen MR) is 78.4 cm³/mol. The molecule has 0 aliphatic carbocycles. The SMILES string of the molecule is Cc1ncsc1CCN[C@@H](C)c1ccccc1Cl. The number of thiazole rings is 1. The smallest absolute Gasteiger partial charge is 0.0797 e. The second-order valence-electron chi connectivity index (χ2n) is 4.31. The lowest BCUT2D eigenvalue weighted by molar-refractivity contribution is 0.578. The van der Waals surface area contributed by atoms with Crippen molar-refractivity contribution in [3.05, 3.63) is 50.9 Å². The molecule has 0 amide bonds. The first kappa shape index (κ1) is 13.5. The zero-order valence-corrected chi connectivity index (χ0v) is 12.2. The highest BCUT2D eigenvalue weighted by Crippen LogP contribution is 2.22. The van der Waals surface area contributed by atoms with Crippen LogP contribution in [0.5, 0.6) is 0 Å². The normalized spacial score (nSPS) is 12.6. The van der Waals surface area contributed by atoms with Gasteiger partial charge >= 0.3 is 0 Å². The Balaban J connectivity index is 1.87. The molecule has 1 aromatic carbocycles. The third-order valence-electron chi connectivity index (χ3n) is 3.02. The first-order valence-corrected chi connectivity index (χ1v) is 7.31. The van der Waals surface area contributed by atoms with Crippen molar-refractivity contribution in [2.45, 2.75) is 26.3 Å². The number of nitrogens with one attached hydrogen (secondary N) is 1. The molecule has 2 aromatic rings. The lowest BCUT2D eigenvalue weighted by Crippen LogP contribution is -2.21. The number of hydrogen-bond acceptors (Lipinski definition) is 3. The first-order valence-electron chi connectivity index (χ1n) is 6.05. The van der Waals surface area contributed by atoms with E-state index in [1.54, 1.807) is 11.3 Å². The molecule has 4 heteroatoms. The van der Waals surface area contributed by atoms with Gasteiger partial charge < -0.3 is 5.32 Å². The molecule has 0 radical (unpaired) electrons. The van der Waals surface area contributed by atoms with E-state index < -0.39 is 0 Å². The Hall–Kier alpha value is -0.900. The molecular weight excluding hydrogens is 264 g/mol. The van der Waals surface area contributed by atoms with E-state index in [0.717, 1.165) is 29.2 Å². The van der Waals surface area contributed by atoms with E-state index in [9.17, 15) is 0 Å². The van der Waals surface area contributed by atoms with E-state index in [2.05, 4.69) is 30.2 Å². The number of rotatable bonds is 5. The maximum atomic E-state index is 6.17. The monoisotopic (exact) mass is 280 g/mol. The topological polar surface area (TPSA) is 24.9 Å². The fraction of sp³-hybridized carbons (Fsp3) is 0.357. The van der Waals surface area contributed by atoms with Crippen molar-refractivity contribution >= 4 is 22.9 Å². The third kappa shape index (κ3) is 3.31. The Morgan fingerprint density at radius 1 is 1.39 bits per heavy atom. The lowest BCUT2D eigenvalue weighted by atomic mass is 10.1. The molecule has 96 valence electrons. The van der Waals surface area contributed by atoms with Gasteiger partial charge in [0.05, 0.1) is 11.2 Å². The summed E-state index contributed by atoms with van der Waals surface area (Å²) in [7, 11) is 0. The van der Waals surface area contributed by atoms with Gasteiger partial charge in [-0.15, -0.1) is 11.3 Å². The van der Waals surface area contributed by atoms with Crippen LogP contribution < -0.4 is 5.32 Å². The van der Waals surface area contributed by atoms with Crippen LogP contribution in [0.2, 0.25) is 5.02 Å². The van der Waals surface area contributed by atoms with Gasteiger partial charge in [0.15, 0.2) is 0 Å². The van der Waals surface area contributed by atoms with E-state index in [1.807, 2.05) is 23.7 Å². The number of hydrogen-bond donors (Lipinski definition) is 1. The Kier molecular flexibility index (Phi) is 4.75. The molecule has 2 nitrogen and oxygen atoms in total. The van der Waals surface area contributed by atoms with Gasteiger partial charge in [0, 0.05) is 22.5 Å². The fourth-order valence-electron chi connectivity index (χ4n) is 1.90. The quantitative estimate of drug-likeness (QED) is 0.895. The summed E-state index contributed by atoms with van der Waals surface area (Å²) in [5, 5.41) is 4.33. The number of nitrogens with zero attached hydrogens (tertiary/aromatic N) is 1. The van der Waals surface area contributed by atoms with Gasteiger partial charge in [-0.05, 0) is 31.9 Å². The number of benzene rings is 1. The van der Waals surface area contributed by atoms with E-state index >= 15 is 0 Å². The van der Waals surface area contributed by atoms with Gasteiger partial charge in [-0.1, -0.05) is 29.8 Å². The molecule has 1 aromatic heterocycles. The summed E-state index contributed by atoms with van der Waals surface area (Å²) in [5.41, 5.74) is 4.20. The molecule has 18 heavy (non-hydrogen) atoms. The van der Waals surface area contributed by atoms with Crippen molar-refractivity contribution < 1.29 is 0 Å². The minimum absolute atomic E-state index is 0.270. The molecule has 2 rings (SSSR count). The van der Waals surface area contributed by atoms with E-state index in [0.29, 0.717) is 0 Å². The molecule has 1 atom stereocenters. The minimum Gasteiger partial charge on any atom is -0.310 e. The second-order valence-corrected chi connectivity index (χ2v) is 5.65. The van der Waals surface area contributed by atoms with Crippen LogP contribution in [-0.4, -0.2) is 11.5 Å². The minimum atomic E-state index is 0.270. The van der Waals surface area contributed by atoms with E-state index in [4.69, 9.17) is 11.6 Å². The maximum Gasteiger partial charge on any atom is 0.0797 e. The Morgan fingerprint density at radius 3 is 2.83 bits per heavy atom. The molecule has 0 saturated heterocycles. The molecule has 1 N–H and O–H groups in total. The number of aryl methyl sites for hydroxylation is 1. The molecule has 1 heterocycles. The average molecular weight is 281 g/mol. The Bertz CT molecular complexity index is 510. The Morgan fingerprint density at radius 2 is 2.17 bits per heavy atom. The van der Waals surface area contributed by atoms with Crippen molar-refractivity contribution in [1.82, 2.24) is 10.3 Å². The first-order chi connectivity index (χ1) is 8.68. The fourth-order valence-corrected chi connectivity index (χ4v) is 2.99. The van der Waals surface area contributed by atoms with Gasteiger partial charge in [-0.25, -0.2) is 4.98 Å². The molecule has 0 fully saturated rings. The highest BCUT2D eigenvalue weighted by molar-refractivity contribution is 7.09. The van der Waals surface area contributed by atoms with Crippen molar-refractivity contribution in [2.24, 2.45) is 0 Å². The molecule has 0 aliphatic rings. The molecule has 0 spiro atoms. The van der Waals surface area contributed by atoms with Crippen molar-refractivity contribution in [1.29, 1.82) is 0 Å². The molecular formula is C14H17ClN2S. The molecule has 0 bridgehead atoms. The van der Waals surface area contributed by atoms with Gasteiger partial charge in [0.25, 0.3) is 0 Å². The van der Waals surface area contributed by atoms with Crippen molar-refractivity contribution in [3.63, 3.8) is 0 Å². The van der Waals surface area contributed by atoms with Crippen LogP contribution in [0.1, 0.15) is 29.1 Å². The maximum absolute atomic E-state index is 6.17. The second kappa shape index (κ2) is 6.32. The average Bonchev–Trinajstić information content (AvgIpc) is 2.75. The van der Waals surface area contributed by atoms with Crippen LogP contribution >= 0.6 is 22.9 Å². The van der Waals surface area contributed by atoms with Gasteiger partial charge in [-0.3, -0.25) is 0 Å². The zero-order valence-electron chi connectivity index (χ0n) is 10.6. The third-order valence-corrected chi connectivity index (χ3v) is 4.36. The van der Waals surface area contributed by atoms with E-state index in [-0.39, 0.29) is 6.04 Å². The summed E-state index contributed by atoms with van der Waals surface area (Å²) in [6.07, 6.45) is 1.02. The summed E-state index contributed by atoms with van der Waals surface area (Å²) in [6.45, 7) is 5.14. The van der Waals surface area contributed by atoms with Gasteiger partial charge in [0.1, 0.15) is 0 Å². The molecule has 0 aliphatic heterocycles. The van der Waals surface area contributed by atoms with Crippen LogP contribution in [0.4, 0.5) is 0 Å². The summed E-state index contributed by atoms with van der Waals surface area (Å²) < 4.78 is 0. The lowest BCUT2D eigenvalue weighted by Gasteiger charge is -2.15. The highest BCUT2D eigenvalue weighted by Gasteiger charge is 2.08. The Labute approximate surface area is 117 Å². The molecule has 0 saturated carbocycles. The highest BCUT2D eigenvalue weighted by atomic mass is 35.5. The molecule has 0 unspecified atom stereocenters. The van der Waals surface area contributed by atoms with Crippen LogP contribution in [0.3, 0.4) is 0 Å². The van der Waals surface area contributed by atoms with Crippen molar-refractivity contribution in [2.75, 3.05) is 6.54 Å². The van der Waals surface area contributed by atoms with Crippen LogP contribution in [0, 0.1) is 6.92 Å². The van der Waals surface area contributed by atoms with Crippen LogP contribution in [0.25, 0.3) is 0 Å². The van der Waals surface area contributed by atoms with Gasteiger partial charge in [0.2, 0.25) is 0 Å². The largest absolute Gasteiger partial charge is 0.310 e. The van der Waals surface area contributed by atoms with Crippen LogP contribution in [0.15, 0.2) is 29.8 Å². The van der Waals surface area contributed by atoms with E-state index in [1.165, 1.54) is 4.88 Å². The zero-order chi connectivity index (χ0) is 13.0. The van der Waals surface area contributed by atoms with Gasteiger partial charge in [-0.2, -0.15) is 0 Å². The van der Waals surface area contributed by atoms with Crippen molar-refractivity contribution in [3.8, 4) is 0 Å². The summed E-state index contributed by atoms with van der Waals surface area (Å²) in [5.74, 6) is 0. The summed E-state index contributed by atoms with van der Waals surface area (Å²) in [6, 6.07) is 8.25. The summed E-state index contributed by atoms with van der Waals surface area (Å²) in [4.78, 5) is 5.61.